The maximum absolute atomic E-state index is 10.1. The molecular formula is C21H23NO3. The molecule has 0 heterocycles. The van der Waals surface area contributed by atoms with Gasteiger partial charge in [-0.25, -0.2) is 0 Å². The van der Waals surface area contributed by atoms with Gasteiger partial charge in [0, 0.05) is 18.5 Å². The molecule has 1 unspecified atom stereocenters. The molecule has 25 heavy (non-hydrogen) atoms. The fraction of sp³-hybridized carbons (Fsp3) is 0.238. The Morgan fingerprint density at radius 3 is 2.68 bits per heavy atom. The summed E-state index contributed by atoms with van der Waals surface area (Å²) >= 11 is 0. The van der Waals surface area contributed by atoms with E-state index >= 15 is 0 Å². The second-order valence-corrected chi connectivity index (χ2v) is 5.92. The molecular weight excluding hydrogens is 314 g/mol. The van der Waals surface area contributed by atoms with Crippen LogP contribution in [0.4, 0.5) is 0 Å². The van der Waals surface area contributed by atoms with E-state index in [0.29, 0.717) is 13.1 Å². The van der Waals surface area contributed by atoms with Crippen molar-refractivity contribution in [3.63, 3.8) is 0 Å². The molecule has 0 bridgehead atoms. The van der Waals surface area contributed by atoms with Crippen molar-refractivity contribution in [3.8, 4) is 11.5 Å². The quantitative estimate of drug-likeness (QED) is 0.662. The summed E-state index contributed by atoms with van der Waals surface area (Å²) in [5.74, 6) is 1.63. The van der Waals surface area contributed by atoms with E-state index in [-0.39, 0.29) is 6.61 Å². The summed E-state index contributed by atoms with van der Waals surface area (Å²) in [6.07, 6.45) is -0.579. The summed E-state index contributed by atoms with van der Waals surface area (Å²) in [5, 5.41) is 15.6. The van der Waals surface area contributed by atoms with Crippen molar-refractivity contribution in [2.75, 3.05) is 20.3 Å². The zero-order chi connectivity index (χ0) is 17.5. The third-order valence-electron chi connectivity index (χ3n) is 4.02. The number of nitrogens with one attached hydrogen (secondary N) is 1. The lowest BCUT2D eigenvalue weighted by molar-refractivity contribution is 0.107. The molecule has 0 aliphatic carbocycles. The number of methoxy groups -OCH3 is 1. The first-order valence-corrected chi connectivity index (χ1v) is 8.38. The van der Waals surface area contributed by atoms with Crippen LogP contribution >= 0.6 is 0 Å². The predicted octanol–water partition coefficient (Wildman–Crippen LogP) is 3.38. The number of benzene rings is 3. The SMILES string of the molecule is COc1cccc(CNCC(O)COc2cccc3ccccc23)c1. The Kier molecular flexibility index (Phi) is 5.88. The number of aliphatic hydroxyl groups excluding tert-OH is 1. The van der Waals surface area contributed by atoms with E-state index in [1.54, 1.807) is 7.11 Å². The molecule has 3 aromatic rings. The van der Waals surface area contributed by atoms with E-state index in [2.05, 4.69) is 5.32 Å². The van der Waals surface area contributed by atoms with Crippen molar-refractivity contribution in [1.29, 1.82) is 0 Å². The van der Waals surface area contributed by atoms with E-state index in [1.165, 1.54) is 0 Å². The van der Waals surface area contributed by atoms with Crippen LogP contribution in [0.25, 0.3) is 10.8 Å². The molecule has 130 valence electrons. The summed E-state index contributed by atoms with van der Waals surface area (Å²) in [6.45, 7) is 1.38. The Labute approximate surface area is 148 Å². The number of hydrogen-bond acceptors (Lipinski definition) is 4. The lowest BCUT2D eigenvalue weighted by Crippen LogP contribution is -2.31. The molecule has 0 amide bonds. The predicted molar refractivity (Wildman–Crippen MR) is 100 cm³/mol. The minimum Gasteiger partial charge on any atom is -0.497 e. The fourth-order valence-corrected chi connectivity index (χ4v) is 2.73. The van der Waals surface area contributed by atoms with Gasteiger partial charge >= 0.3 is 0 Å². The van der Waals surface area contributed by atoms with Crippen molar-refractivity contribution in [2.24, 2.45) is 0 Å². The Morgan fingerprint density at radius 1 is 1.00 bits per heavy atom. The van der Waals surface area contributed by atoms with Crippen LogP contribution in [0.1, 0.15) is 5.56 Å². The van der Waals surface area contributed by atoms with Crippen molar-refractivity contribution in [2.45, 2.75) is 12.6 Å². The van der Waals surface area contributed by atoms with Gasteiger partial charge in [0.1, 0.15) is 24.2 Å². The van der Waals surface area contributed by atoms with Gasteiger partial charge in [0.05, 0.1) is 7.11 Å². The highest BCUT2D eigenvalue weighted by atomic mass is 16.5. The first kappa shape index (κ1) is 17.3. The minimum atomic E-state index is -0.579. The molecule has 3 aromatic carbocycles. The van der Waals surface area contributed by atoms with Crippen molar-refractivity contribution >= 4 is 10.8 Å². The Bertz CT molecular complexity index is 814. The molecule has 0 saturated carbocycles. The second kappa shape index (κ2) is 8.51. The number of fused-ring (bicyclic) bond motifs is 1. The Morgan fingerprint density at radius 2 is 1.80 bits per heavy atom. The molecule has 0 spiro atoms. The normalized spacial score (nSPS) is 12.1. The first-order chi connectivity index (χ1) is 12.3. The average molecular weight is 337 g/mol. The molecule has 0 aliphatic rings. The topological polar surface area (TPSA) is 50.7 Å². The van der Waals surface area contributed by atoms with Gasteiger partial charge in [0.25, 0.3) is 0 Å². The van der Waals surface area contributed by atoms with Crippen molar-refractivity contribution < 1.29 is 14.6 Å². The summed E-state index contributed by atoms with van der Waals surface area (Å²) in [6, 6.07) is 21.9. The molecule has 0 fully saturated rings. The van der Waals surface area contributed by atoms with Gasteiger partial charge in [-0.3, -0.25) is 0 Å². The zero-order valence-corrected chi connectivity index (χ0v) is 14.3. The van der Waals surface area contributed by atoms with Crippen LogP contribution in [0.2, 0.25) is 0 Å². The zero-order valence-electron chi connectivity index (χ0n) is 14.3. The van der Waals surface area contributed by atoms with Crippen LogP contribution in [0, 0.1) is 0 Å². The smallest absolute Gasteiger partial charge is 0.127 e. The van der Waals surface area contributed by atoms with E-state index in [0.717, 1.165) is 27.8 Å². The minimum absolute atomic E-state index is 0.249. The molecule has 0 saturated heterocycles. The van der Waals surface area contributed by atoms with Gasteiger partial charge in [-0.2, -0.15) is 0 Å². The van der Waals surface area contributed by atoms with Crippen LogP contribution < -0.4 is 14.8 Å². The van der Waals surface area contributed by atoms with E-state index in [4.69, 9.17) is 9.47 Å². The molecule has 0 radical (unpaired) electrons. The standard InChI is InChI=1S/C21H23NO3/c1-24-19-9-4-6-16(12-19)13-22-14-18(23)15-25-21-11-5-8-17-7-2-3-10-20(17)21/h2-12,18,22-23H,13-15H2,1H3. The van der Waals surface area contributed by atoms with Crippen LogP contribution in [-0.4, -0.2) is 31.5 Å². The summed E-state index contributed by atoms with van der Waals surface area (Å²) in [5.41, 5.74) is 1.11. The monoisotopic (exact) mass is 337 g/mol. The second-order valence-electron chi connectivity index (χ2n) is 5.92. The largest absolute Gasteiger partial charge is 0.497 e. The van der Waals surface area contributed by atoms with Crippen LogP contribution in [0.3, 0.4) is 0 Å². The highest BCUT2D eigenvalue weighted by Gasteiger charge is 2.07. The Hall–Kier alpha value is -2.56. The molecule has 0 aromatic heterocycles. The fourth-order valence-electron chi connectivity index (χ4n) is 2.73. The molecule has 3 rings (SSSR count). The van der Waals surface area contributed by atoms with E-state index in [9.17, 15) is 5.11 Å². The lowest BCUT2D eigenvalue weighted by Gasteiger charge is -2.15. The number of aliphatic hydroxyl groups is 1. The lowest BCUT2D eigenvalue weighted by atomic mass is 10.1. The molecule has 0 aliphatic heterocycles. The van der Waals surface area contributed by atoms with Gasteiger partial charge in [-0.1, -0.05) is 48.5 Å². The summed E-state index contributed by atoms with van der Waals surface area (Å²) in [7, 11) is 1.65. The molecule has 2 N–H and O–H groups in total. The van der Waals surface area contributed by atoms with E-state index < -0.39 is 6.10 Å². The summed E-state index contributed by atoms with van der Waals surface area (Å²) in [4.78, 5) is 0. The number of ether oxygens (including phenoxy) is 2. The summed E-state index contributed by atoms with van der Waals surface area (Å²) < 4.78 is 11.0. The van der Waals surface area contributed by atoms with Gasteiger partial charge in [-0.05, 0) is 29.1 Å². The third-order valence-corrected chi connectivity index (χ3v) is 4.02. The number of hydrogen-bond donors (Lipinski definition) is 2. The van der Waals surface area contributed by atoms with Gasteiger partial charge in [0.15, 0.2) is 0 Å². The highest BCUT2D eigenvalue weighted by Crippen LogP contribution is 2.25. The molecule has 1 atom stereocenters. The third kappa shape index (κ3) is 4.72. The van der Waals surface area contributed by atoms with Crippen molar-refractivity contribution in [3.05, 3.63) is 72.3 Å². The number of rotatable bonds is 8. The average Bonchev–Trinajstić information content (AvgIpc) is 2.66. The Balaban J connectivity index is 1.48. The molecule has 4 nitrogen and oxygen atoms in total. The maximum Gasteiger partial charge on any atom is 0.127 e. The first-order valence-electron chi connectivity index (χ1n) is 8.38. The van der Waals surface area contributed by atoms with Gasteiger partial charge in [0.2, 0.25) is 0 Å². The highest BCUT2D eigenvalue weighted by molar-refractivity contribution is 5.88. The van der Waals surface area contributed by atoms with Gasteiger partial charge < -0.3 is 19.9 Å². The molecule has 4 heteroatoms. The van der Waals surface area contributed by atoms with Crippen LogP contribution in [0.15, 0.2) is 66.7 Å². The van der Waals surface area contributed by atoms with Crippen LogP contribution in [-0.2, 0) is 6.54 Å². The maximum atomic E-state index is 10.1. The van der Waals surface area contributed by atoms with Crippen LogP contribution in [0.5, 0.6) is 11.5 Å². The van der Waals surface area contributed by atoms with E-state index in [1.807, 2.05) is 66.7 Å². The van der Waals surface area contributed by atoms with Crippen molar-refractivity contribution in [1.82, 2.24) is 5.32 Å². The van der Waals surface area contributed by atoms with Gasteiger partial charge in [-0.15, -0.1) is 0 Å².